The van der Waals surface area contributed by atoms with Crippen LogP contribution in [-0.2, 0) is 6.42 Å². The molecule has 0 saturated carbocycles. The lowest BCUT2D eigenvalue weighted by molar-refractivity contribution is 0.628. The molecule has 1 aromatic carbocycles. The number of rotatable bonds is 4. The number of aromatic nitrogens is 3. The van der Waals surface area contributed by atoms with Crippen LogP contribution < -0.4 is 5.73 Å². The molecular weight excluding hydrogens is 299 g/mol. The normalized spacial score (nSPS) is 10.7. The average molecular weight is 313 g/mol. The van der Waals surface area contributed by atoms with E-state index in [4.69, 9.17) is 5.73 Å². The van der Waals surface area contributed by atoms with Gasteiger partial charge in [0.15, 0.2) is 0 Å². The Morgan fingerprint density at radius 2 is 2.00 bits per heavy atom. The molecule has 3 aromatic rings. The number of aryl methyl sites for hydroxylation is 1. The fourth-order valence-corrected chi connectivity index (χ4v) is 2.77. The van der Waals surface area contributed by atoms with Crippen LogP contribution in [0.25, 0.3) is 16.2 Å². The van der Waals surface area contributed by atoms with E-state index < -0.39 is 0 Å². The van der Waals surface area contributed by atoms with Gasteiger partial charge in [0.05, 0.1) is 11.9 Å². The molecule has 0 fully saturated rings. The Morgan fingerprint density at radius 1 is 1.25 bits per heavy atom. The van der Waals surface area contributed by atoms with Gasteiger partial charge in [-0.25, -0.2) is 13.9 Å². The van der Waals surface area contributed by atoms with Crippen LogP contribution in [0.15, 0.2) is 30.5 Å². The van der Waals surface area contributed by atoms with E-state index in [1.165, 1.54) is 12.1 Å². The van der Waals surface area contributed by atoms with E-state index in [1.54, 1.807) is 28.0 Å². The minimum atomic E-state index is -0.244. The molecule has 0 aliphatic carbocycles. The van der Waals surface area contributed by atoms with Crippen molar-refractivity contribution in [2.75, 3.05) is 6.54 Å². The van der Waals surface area contributed by atoms with Crippen LogP contribution in [-0.4, -0.2) is 21.1 Å². The molecule has 2 heterocycles. The van der Waals surface area contributed by atoms with E-state index >= 15 is 0 Å². The van der Waals surface area contributed by atoms with E-state index in [2.05, 4.69) is 10.1 Å². The Bertz CT molecular complexity index is 661. The van der Waals surface area contributed by atoms with E-state index in [0.29, 0.717) is 6.54 Å². The van der Waals surface area contributed by atoms with E-state index in [-0.39, 0.29) is 18.2 Å². The molecule has 0 atom stereocenters. The summed E-state index contributed by atoms with van der Waals surface area (Å²) < 4.78 is 14.6. The number of hydrogen-bond donors (Lipinski definition) is 1. The lowest BCUT2D eigenvalue weighted by Gasteiger charge is -1.95. The number of fused-ring (bicyclic) bond motifs is 1. The minimum Gasteiger partial charge on any atom is -0.330 e. The van der Waals surface area contributed by atoms with Crippen LogP contribution in [0.2, 0.25) is 0 Å². The van der Waals surface area contributed by atoms with Crippen LogP contribution >= 0.6 is 23.7 Å². The predicted octanol–water partition coefficient (Wildman–Crippen LogP) is 2.91. The van der Waals surface area contributed by atoms with Gasteiger partial charge in [0.1, 0.15) is 10.8 Å². The fraction of sp³-hybridized carbons (Fsp3) is 0.231. The number of benzene rings is 1. The first-order chi connectivity index (χ1) is 9.26. The van der Waals surface area contributed by atoms with Gasteiger partial charge in [0.2, 0.25) is 4.96 Å². The molecule has 0 amide bonds. The predicted molar refractivity (Wildman–Crippen MR) is 80.9 cm³/mol. The molecule has 0 unspecified atom stereocenters. The Hall–Kier alpha value is -1.50. The molecule has 106 valence electrons. The van der Waals surface area contributed by atoms with Gasteiger partial charge in [-0.15, -0.1) is 12.4 Å². The molecule has 4 nitrogen and oxygen atoms in total. The summed E-state index contributed by atoms with van der Waals surface area (Å²) in [5, 5.41) is 5.50. The number of halogens is 2. The van der Waals surface area contributed by atoms with Gasteiger partial charge in [0.25, 0.3) is 0 Å². The first kappa shape index (κ1) is 14.9. The highest BCUT2D eigenvalue weighted by atomic mass is 35.5. The second-order valence-electron chi connectivity index (χ2n) is 4.25. The third-order valence-electron chi connectivity index (χ3n) is 2.82. The largest absolute Gasteiger partial charge is 0.330 e. The van der Waals surface area contributed by atoms with Crippen LogP contribution in [0, 0.1) is 5.82 Å². The van der Waals surface area contributed by atoms with Crippen molar-refractivity contribution in [1.29, 1.82) is 0 Å². The summed E-state index contributed by atoms with van der Waals surface area (Å²) in [7, 11) is 0. The minimum absolute atomic E-state index is 0. The topological polar surface area (TPSA) is 56.2 Å². The van der Waals surface area contributed by atoms with Crippen LogP contribution in [0.1, 0.15) is 11.4 Å². The summed E-state index contributed by atoms with van der Waals surface area (Å²) in [6.45, 7) is 0.669. The average Bonchev–Trinajstić information content (AvgIpc) is 2.95. The first-order valence-corrected chi connectivity index (χ1v) is 6.89. The van der Waals surface area contributed by atoms with Crippen LogP contribution in [0.5, 0.6) is 0 Å². The lowest BCUT2D eigenvalue weighted by atomic mass is 10.2. The molecule has 0 aliphatic heterocycles. The second kappa shape index (κ2) is 6.30. The van der Waals surface area contributed by atoms with Crippen LogP contribution in [0.4, 0.5) is 4.39 Å². The SMILES string of the molecule is Cl.NCCCc1nn2cc(-c3ccc(F)cc3)nc2s1. The Balaban J connectivity index is 0.00000147. The van der Waals surface area contributed by atoms with Crippen molar-refractivity contribution in [2.24, 2.45) is 5.73 Å². The van der Waals surface area contributed by atoms with Gasteiger partial charge < -0.3 is 5.73 Å². The molecule has 0 saturated heterocycles. The van der Waals surface area contributed by atoms with E-state index in [9.17, 15) is 4.39 Å². The summed E-state index contributed by atoms with van der Waals surface area (Å²) >= 11 is 1.57. The molecule has 2 aromatic heterocycles. The summed E-state index contributed by atoms with van der Waals surface area (Å²) in [5.41, 5.74) is 7.18. The highest BCUT2D eigenvalue weighted by molar-refractivity contribution is 7.16. The van der Waals surface area contributed by atoms with Gasteiger partial charge in [0, 0.05) is 12.0 Å². The summed E-state index contributed by atoms with van der Waals surface area (Å²) in [5.74, 6) is -0.244. The highest BCUT2D eigenvalue weighted by Gasteiger charge is 2.09. The zero-order chi connectivity index (χ0) is 13.2. The number of hydrogen-bond acceptors (Lipinski definition) is 4. The molecule has 20 heavy (non-hydrogen) atoms. The third-order valence-corrected chi connectivity index (χ3v) is 3.80. The molecule has 7 heteroatoms. The maximum atomic E-state index is 12.9. The van der Waals surface area contributed by atoms with Crippen molar-refractivity contribution in [3.05, 3.63) is 41.3 Å². The van der Waals surface area contributed by atoms with Crippen molar-refractivity contribution >= 4 is 28.7 Å². The Kier molecular flexibility index (Phi) is 4.69. The maximum Gasteiger partial charge on any atom is 0.212 e. The van der Waals surface area contributed by atoms with Gasteiger partial charge in [-0.2, -0.15) is 5.10 Å². The molecule has 2 N–H and O–H groups in total. The quantitative estimate of drug-likeness (QED) is 0.806. The first-order valence-electron chi connectivity index (χ1n) is 6.07. The van der Waals surface area contributed by atoms with Gasteiger partial charge >= 0.3 is 0 Å². The van der Waals surface area contributed by atoms with Crippen LogP contribution in [0.3, 0.4) is 0 Å². The molecule has 3 rings (SSSR count). The van der Waals surface area contributed by atoms with E-state index in [1.807, 2.05) is 6.20 Å². The number of nitrogens with two attached hydrogens (primary N) is 1. The maximum absolute atomic E-state index is 12.9. The van der Waals surface area contributed by atoms with E-state index in [0.717, 1.165) is 34.1 Å². The van der Waals surface area contributed by atoms with Gasteiger partial charge in [-0.05, 0) is 37.2 Å². The molecule has 0 spiro atoms. The second-order valence-corrected chi connectivity index (χ2v) is 5.29. The smallest absolute Gasteiger partial charge is 0.212 e. The molecular formula is C13H14ClFN4S. The molecule has 0 radical (unpaired) electrons. The van der Waals surface area contributed by atoms with Gasteiger partial charge in [-0.1, -0.05) is 11.3 Å². The van der Waals surface area contributed by atoms with Gasteiger partial charge in [-0.3, -0.25) is 0 Å². The number of nitrogens with zero attached hydrogens (tertiary/aromatic N) is 3. The van der Waals surface area contributed by atoms with Crippen molar-refractivity contribution in [3.63, 3.8) is 0 Å². The molecule has 0 aliphatic rings. The van der Waals surface area contributed by atoms with Crippen molar-refractivity contribution in [1.82, 2.24) is 14.6 Å². The zero-order valence-corrected chi connectivity index (χ0v) is 12.3. The van der Waals surface area contributed by atoms with Crippen molar-refractivity contribution in [2.45, 2.75) is 12.8 Å². The van der Waals surface area contributed by atoms with Crippen molar-refractivity contribution < 1.29 is 4.39 Å². The highest BCUT2D eigenvalue weighted by Crippen LogP contribution is 2.22. The summed E-state index contributed by atoms with van der Waals surface area (Å²) in [6.07, 6.45) is 3.68. The number of imidazole rings is 1. The monoisotopic (exact) mass is 312 g/mol. The Labute approximate surface area is 125 Å². The molecule has 0 bridgehead atoms. The zero-order valence-electron chi connectivity index (χ0n) is 10.6. The third kappa shape index (κ3) is 2.98. The standard InChI is InChI=1S/C13H13FN4S.ClH/c14-10-5-3-9(4-6-10)11-8-18-13(16-11)19-12(17-18)2-1-7-15;/h3-6,8H,1-2,7,15H2;1H. The Morgan fingerprint density at radius 3 is 2.65 bits per heavy atom. The summed E-state index contributed by atoms with van der Waals surface area (Å²) in [6, 6.07) is 6.31. The summed E-state index contributed by atoms with van der Waals surface area (Å²) in [4.78, 5) is 5.36. The van der Waals surface area contributed by atoms with Crippen molar-refractivity contribution in [3.8, 4) is 11.3 Å². The lowest BCUT2D eigenvalue weighted by Crippen LogP contribution is -2.00. The fourth-order valence-electron chi connectivity index (χ4n) is 1.86.